The minimum absolute atomic E-state index is 0.106. The van der Waals surface area contributed by atoms with Crippen molar-refractivity contribution < 1.29 is 4.79 Å². The van der Waals surface area contributed by atoms with Crippen LogP contribution in [0.3, 0.4) is 0 Å². The lowest BCUT2D eigenvalue weighted by atomic mass is 10.3. The molecule has 0 saturated carbocycles. The van der Waals surface area contributed by atoms with Crippen LogP contribution in [-0.4, -0.2) is 28.9 Å². The van der Waals surface area contributed by atoms with Crippen molar-refractivity contribution in [3.63, 3.8) is 0 Å². The average Bonchev–Trinajstić information content (AvgIpc) is 3.10. The van der Waals surface area contributed by atoms with E-state index in [-0.39, 0.29) is 5.91 Å². The van der Waals surface area contributed by atoms with Crippen LogP contribution in [0.15, 0.2) is 17.3 Å². The minimum Gasteiger partial charge on any atom is -0.396 e. The Morgan fingerprint density at radius 1 is 1.57 bits per heavy atom. The molecule has 5 N–H and O–H groups in total. The highest BCUT2D eigenvalue weighted by Crippen LogP contribution is 2.41. The zero-order valence-corrected chi connectivity index (χ0v) is 13.7. The quantitative estimate of drug-likeness (QED) is 0.587. The molecule has 2 aromatic rings. The number of amides is 1. The highest BCUT2D eigenvalue weighted by Gasteiger charge is 2.20. The molecule has 21 heavy (non-hydrogen) atoms. The van der Waals surface area contributed by atoms with E-state index < -0.39 is 0 Å². The fraction of sp³-hybridized carbons (Fsp3) is 0.385. The maximum Gasteiger partial charge on any atom is 0.263 e. The minimum atomic E-state index is -0.106. The van der Waals surface area contributed by atoms with Gasteiger partial charge in [0, 0.05) is 24.8 Å². The van der Waals surface area contributed by atoms with Gasteiger partial charge in [-0.05, 0) is 12.7 Å². The van der Waals surface area contributed by atoms with E-state index in [0.29, 0.717) is 23.7 Å². The first-order valence-corrected chi connectivity index (χ1v) is 8.67. The van der Waals surface area contributed by atoms with Crippen molar-refractivity contribution in [3.8, 4) is 0 Å². The van der Waals surface area contributed by atoms with Gasteiger partial charge in [-0.3, -0.25) is 9.89 Å². The number of carbonyl (C=O) groups is 1. The number of hydrogen-bond donors (Lipinski definition) is 4. The van der Waals surface area contributed by atoms with Crippen LogP contribution in [0.2, 0.25) is 0 Å². The predicted octanol–water partition coefficient (Wildman–Crippen LogP) is 2.53. The molecule has 0 saturated heterocycles. The van der Waals surface area contributed by atoms with Crippen LogP contribution in [0.4, 0.5) is 10.7 Å². The topological polar surface area (TPSA) is 95.8 Å². The lowest BCUT2D eigenvalue weighted by molar-refractivity contribution is 0.0958. The molecule has 0 radical (unpaired) electrons. The molecule has 0 unspecified atom stereocenters. The van der Waals surface area contributed by atoms with E-state index >= 15 is 0 Å². The number of rotatable bonds is 7. The van der Waals surface area contributed by atoms with Gasteiger partial charge in [-0.1, -0.05) is 6.92 Å². The van der Waals surface area contributed by atoms with Gasteiger partial charge in [0.05, 0.1) is 16.8 Å². The summed E-state index contributed by atoms with van der Waals surface area (Å²) < 4.78 is 0. The summed E-state index contributed by atoms with van der Waals surface area (Å²) in [4.78, 5) is 13.6. The summed E-state index contributed by atoms with van der Waals surface area (Å²) in [5.41, 5.74) is 7.71. The average molecular weight is 325 g/mol. The third-order valence-electron chi connectivity index (χ3n) is 2.85. The number of nitrogens with one attached hydrogen (secondary N) is 3. The molecule has 2 rings (SSSR count). The number of nitrogens with two attached hydrogens (primary N) is 1. The number of thiophene rings is 1. The number of aromatic nitrogens is 2. The Bertz CT molecular complexity index is 594. The maximum absolute atomic E-state index is 12.1. The lowest BCUT2D eigenvalue weighted by Gasteiger charge is -2.04. The number of nitrogens with zero attached hydrogens (tertiary/aromatic N) is 1. The number of nitrogen functional groups attached to an aromatic ring is 1. The van der Waals surface area contributed by atoms with E-state index in [9.17, 15) is 4.79 Å². The highest BCUT2D eigenvalue weighted by atomic mass is 32.2. The Balaban J connectivity index is 2.15. The molecule has 2 aromatic heterocycles. The van der Waals surface area contributed by atoms with E-state index in [2.05, 4.69) is 20.8 Å². The van der Waals surface area contributed by atoms with Gasteiger partial charge in [0.15, 0.2) is 0 Å². The summed E-state index contributed by atoms with van der Waals surface area (Å²) in [6.07, 6.45) is 6.45. The second-order valence-electron chi connectivity index (χ2n) is 4.42. The summed E-state index contributed by atoms with van der Waals surface area (Å²) in [6, 6.07) is 0. The van der Waals surface area contributed by atoms with Crippen LogP contribution in [0.25, 0.3) is 0 Å². The van der Waals surface area contributed by atoms with Crippen molar-refractivity contribution in [2.45, 2.75) is 24.8 Å². The lowest BCUT2D eigenvalue weighted by Crippen LogP contribution is -2.23. The predicted molar refractivity (Wildman–Crippen MR) is 89.1 cm³/mol. The molecule has 114 valence electrons. The smallest absolute Gasteiger partial charge is 0.263 e. The number of thioether (sulfide) groups is 1. The van der Waals surface area contributed by atoms with Crippen LogP contribution in [0.1, 0.15) is 28.6 Å². The number of hydrogen-bond acceptors (Lipinski definition) is 6. The number of aromatic amines is 1. The summed E-state index contributed by atoms with van der Waals surface area (Å²) >= 11 is 2.93. The van der Waals surface area contributed by atoms with Crippen LogP contribution < -0.4 is 16.4 Å². The fourth-order valence-electron chi connectivity index (χ4n) is 1.79. The monoisotopic (exact) mass is 325 g/mol. The van der Waals surface area contributed by atoms with Crippen molar-refractivity contribution in [2.75, 3.05) is 23.9 Å². The number of anilines is 2. The normalized spacial score (nSPS) is 10.6. The Labute approximate surface area is 131 Å². The SMILES string of the molecule is CCCNC(=O)c1sc(NCc2cn[nH]c2)c(SC)c1N. The Morgan fingerprint density at radius 2 is 2.38 bits per heavy atom. The van der Waals surface area contributed by atoms with Crippen LogP contribution in [0, 0.1) is 0 Å². The molecule has 0 atom stereocenters. The first kappa shape index (κ1) is 15.7. The van der Waals surface area contributed by atoms with Crippen molar-refractivity contribution in [1.29, 1.82) is 0 Å². The van der Waals surface area contributed by atoms with Gasteiger partial charge in [-0.15, -0.1) is 23.1 Å². The van der Waals surface area contributed by atoms with Crippen molar-refractivity contribution in [3.05, 3.63) is 22.8 Å². The van der Waals surface area contributed by atoms with E-state index in [1.807, 2.05) is 19.4 Å². The second-order valence-corrected chi connectivity index (χ2v) is 6.26. The molecule has 6 nitrogen and oxygen atoms in total. The number of carbonyl (C=O) groups excluding carboxylic acids is 1. The van der Waals surface area contributed by atoms with E-state index in [1.54, 1.807) is 18.0 Å². The van der Waals surface area contributed by atoms with Gasteiger partial charge in [-0.2, -0.15) is 5.10 Å². The molecule has 0 aromatic carbocycles. The van der Waals surface area contributed by atoms with Crippen molar-refractivity contribution >= 4 is 39.7 Å². The van der Waals surface area contributed by atoms with Gasteiger partial charge >= 0.3 is 0 Å². The fourth-order valence-corrected chi connectivity index (χ4v) is 3.74. The molecule has 2 heterocycles. The number of H-pyrrole nitrogens is 1. The van der Waals surface area contributed by atoms with Crippen molar-refractivity contribution in [2.24, 2.45) is 0 Å². The maximum atomic E-state index is 12.1. The van der Waals surface area contributed by atoms with Crippen LogP contribution in [-0.2, 0) is 6.54 Å². The van der Waals surface area contributed by atoms with Crippen LogP contribution >= 0.6 is 23.1 Å². The second kappa shape index (κ2) is 7.37. The standard InChI is InChI=1S/C13H19N5OS2/c1-3-4-15-12(19)10-9(14)11(20-2)13(21-10)16-5-8-6-17-18-7-8/h6-7,16H,3-5,14H2,1-2H3,(H,15,19)(H,17,18). The van der Waals surface area contributed by atoms with Gasteiger partial charge in [-0.25, -0.2) is 0 Å². The molecule has 0 aliphatic carbocycles. The van der Waals surface area contributed by atoms with Gasteiger partial charge in [0.1, 0.15) is 9.88 Å². The molecule has 0 bridgehead atoms. The Hall–Kier alpha value is -1.67. The zero-order valence-electron chi connectivity index (χ0n) is 12.0. The van der Waals surface area contributed by atoms with Gasteiger partial charge in [0.25, 0.3) is 5.91 Å². The molecular weight excluding hydrogens is 306 g/mol. The summed E-state index contributed by atoms with van der Waals surface area (Å²) in [5, 5.41) is 13.8. The molecule has 0 spiro atoms. The Kier molecular flexibility index (Phi) is 5.51. The van der Waals surface area contributed by atoms with Gasteiger partial charge in [0.2, 0.25) is 0 Å². The largest absolute Gasteiger partial charge is 0.396 e. The van der Waals surface area contributed by atoms with E-state index in [1.165, 1.54) is 11.3 Å². The molecule has 0 aliphatic rings. The van der Waals surface area contributed by atoms with Crippen molar-refractivity contribution in [1.82, 2.24) is 15.5 Å². The molecule has 0 fully saturated rings. The van der Waals surface area contributed by atoms with Gasteiger partial charge < -0.3 is 16.4 Å². The zero-order chi connectivity index (χ0) is 15.2. The van der Waals surface area contributed by atoms with E-state index in [4.69, 9.17) is 5.73 Å². The summed E-state index contributed by atoms with van der Waals surface area (Å²) in [6.45, 7) is 3.31. The first-order chi connectivity index (χ1) is 10.2. The molecule has 8 heteroatoms. The highest BCUT2D eigenvalue weighted by molar-refractivity contribution is 7.99. The molecule has 1 amide bonds. The van der Waals surface area contributed by atoms with E-state index in [0.717, 1.165) is 21.9 Å². The first-order valence-electron chi connectivity index (χ1n) is 6.63. The third kappa shape index (κ3) is 3.70. The summed E-state index contributed by atoms with van der Waals surface area (Å²) in [7, 11) is 0. The molecular formula is C13H19N5OS2. The molecule has 0 aliphatic heterocycles. The Morgan fingerprint density at radius 3 is 3.00 bits per heavy atom. The third-order valence-corrected chi connectivity index (χ3v) is 4.98. The summed E-state index contributed by atoms with van der Waals surface area (Å²) in [5.74, 6) is -0.106. The van der Waals surface area contributed by atoms with Crippen LogP contribution in [0.5, 0.6) is 0 Å².